The van der Waals surface area contributed by atoms with Crippen molar-refractivity contribution < 1.29 is 0 Å². The van der Waals surface area contributed by atoms with Crippen molar-refractivity contribution in [3.05, 3.63) is 33.8 Å². The predicted molar refractivity (Wildman–Crippen MR) is 63.2 cm³/mol. The summed E-state index contributed by atoms with van der Waals surface area (Å²) in [5.41, 5.74) is 6.51. The van der Waals surface area contributed by atoms with Crippen LogP contribution in [0.5, 0.6) is 0 Å². The molecule has 1 rings (SSSR count). The Morgan fingerprint density at radius 2 is 1.86 bits per heavy atom. The average Bonchev–Trinajstić information content (AvgIpc) is 2.14. The van der Waals surface area contributed by atoms with E-state index in [1.54, 1.807) is 0 Å². The first-order valence-corrected chi connectivity index (χ1v) is 5.56. The van der Waals surface area contributed by atoms with Gasteiger partial charge < -0.3 is 5.73 Å². The van der Waals surface area contributed by atoms with Gasteiger partial charge in [-0.1, -0.05) is 36.2 Å². The molecule has 1 aromatic rings. The van der Waals surface area contributed by atoms with Crippen LogP contribution in [0.15, 0.2) is 18.2 Å². The molecule has 0 aromatic heterocycles. The van der Waals surface area contributed by atoms with E-state index >= 15 is 0 Å². The smallest absolute Gasteiger partial charge is 0.0455 e. The maximum absolute atomic E-state index is 6.09. The topological polar surface area (TPSA) is 26.0 Å². The van der Waals surface area contributed by atoms with E-state index in [4.69, 9.17) is 28.9 Å². The predicted octanol–water partition coefficient (Wildman–Crippen LogP) is 3.84. The summed E-state index contributed by atoms with van der Waals surface area (Å²) in [4.78, 5) is 0. The number of hydrogen-bond donors (Lipinski definition) is 1. The van der Waals surface area contributed by atoms with Gasteiger partial charge in [0.15, 0.2) is 0 Å². The molecular formula is C11H15Cl2N. The van der Waals surface area contributed by atoms with Gasteiger partial charge in [-0.05, 0) is 43.0 Å². The van der Waals surface area contributed by atoms with Crippen molar-refractivity contribution in [2.45, 2.75) is 25.7 Å². The van der Waals surface area contributed by atoms with Crippen molar-refractivity contribution in [2.75, 3.05) is 6.54 Å². The fourth-order valence-corrected chi connectivity index (χ4v) is 2.32. The molecule has 0 aliphatic rings. The zero-order valence-corrected chi connectivity index (χ0v) is 9.78. The third-order valence-electron chi connectivity index (χ3n) is 2.33. The Kier molecular flexibility index (Phi) is 4.73. The summed E-state index contributed by atoms with van der Waals surface area (Å²) < 4.78 is 0. The van der Waals surface area contributed by atoms with E-state index in [0.29, 0.717) is 12.5 Å². The summed E-state index contributed by atoms with van der Waals surface area (Å²) in [5, 5.41) is 1.50. The fraction of sp³-hybridized carbons (Fsp3) is 0.455. The number of benzene rings is 1. The minimum absolute atomic E-state index is 0.375. The minimum atomic E-state index is 0.375. The van der Waals surface area contributed by atoms with Crippen LogP contribution in [0.2, 0.25) is 10.0 Å². The van der Waals surface area contributed by atoms with Crippen LogP contribution in [0.25, 0.3) is 0 Å². The Bertz CT molecular complexity index is 279. The van der Waals surface area contributed by atoms with Gasteiger partial charge in [-0.2, -0.15) is 0 Å². The molecule has 0 saturated heterocycles. The number of hydrogen-bond acceptors (Lipinski definition) is 1. The third kappa shape index (κ3) is 2.88. The van der Waals surface area contributed by atoms with Crippen LogP contribution in [0.3, 0.4) is 0 Å². The maximum atomic E-state index is 6.09. The van der Waals surface area contributed by atoms with Crippen LogP contribution >= 0.6 is 23.2 Å². The molecule has 0 aliphatic heterocycles. The van der Waals surface area contributed by atoms with Crippen molar-refractivity contribution >= 4 is 23.2 Å². The molecule has 3 heteroatoms. The van der Waals surface area contributed by atoms with Gasteiger partial charge in [-0.15, -0.1) is 0 Å². The van der Waals surface area contributed by atoms with Crippen molar-refractivity contribution in [1.29, 1.82) is 0 Å². The highest BCUT2D eigenvalue weighted by atomic mass is 35.5. The fourth-order valence-electron chi connectivity index (χ4n) is 1.55. The van der Waals surface area contributed by atoms with Gasteiger partial charge in [0.25, 0.3) is 0 Å². The maximum Gasteiger partial charge on any atom is 0.0455 e. The van der Waals surface area contributed by atoms with Crippen molar-refractivity contribution in [3.8, 4) is 0 Å². The highest BCUT2D eigenvalue weighted by Gasteiger charge is 2.12. The van der Waals surface area contributed by atoms with Crippen LogP contribution in [-0.2, 0) is 0 Å². The Hall–Kier alpha value is -0.240. The van der Waals surface area contributed by atoms with E-state index < -0.39 is 0 Å². The zero-order chi connectivity index (χ0) is 10.6. The normalized spacial score (nSPS) is 12.9. The molecule has 0 amide bonds. The molecule has 0 saturated carbocycles. The van der Waals surface area contributed by atoms with Crippen molar-refractivity contribution in [2.24, 2.45) is 5.73 Å². The molecule has 0 bridgehead atoms. The van der Waals surface area contributed by atoms with Crippen LogP contribution in [-0.4, -0.2) is 6.54 Å². The highest BCUT2D eigenvalue weighted by molar-refractivity contribution is 6.36. The lowest BCUT2D eigenvalue weighted by Crippen LogP contribution is -2.02. The Morgan fingerprint density at radius 3 is 2.36 bits per heavy atom. The van der Waals surface area contributed by atoms with Crippen LogP contribution in [0.1, 0.15) is 31.2 Å². The first kappa shape index (κ1) is 11.8. The number of halogens is 2. The first-order valence-electron chi connectivity index (χ1n) is 4.80. The van der Waals surface area contributed by atoms with E-state index in [9.17, 15) is 0 Å². The molecule has 14 heavy (non-hydrogen) atoms. The molecule has 1 nitrogen and oxygen atoms in total. The minimum Gasteiger partial charge on any atom is -0.330 e. The summed E-state index contributed by atoms with van der Waals surface area (Å²) in [7, 11) is 0. The summed E-state index contributed by atoms with van der Waals surface area (Å²) in [6.45, 7) is 2.84. The van der Waals surface area contributed by atoms with Crippen molar-refractivity contribution in [3.63, 3.8) is 0 Å². The van der Waals surface area contributed by atoms with Crippen LogP contribution in [0.4, 0.5) is 0 Å². The Balaban J connectivity index is 2.82. The summed E-state index contributed by atoms with van der Waals surface area (Å²) in [5.74, 6) is 0.375. The van der Waals surface area contributed by atoms with Gasteiger partial charge >= 0.3 is 0 Å². The van der Waals surface area contributed by atoms with E-state index in [-0.39, 0.29) is 0 Å². The average molecular weight is 232 g/mol. The summed E-state index contributed by atoms with van der Waals surface area (Å²) in [6.07, 6.45) is 2.03. The lowest BCUT2D eigenvalue weighted by atomic mass is 9.96. The molecule has 1 unspecified atom stereocenters. The quantitative estimate of drug-likeness (QED) is 0.838. The van der Waals surface area contributed by atoms with E-state index in [2.05, 4.69) is 6.92 Å². The molecule has 2 N–H and O–H groups in total. The van der Waals surface area contributed by atoms with E-state index in [0.717, 1.165) is 28.5 Å². The number of nitrogens with two attached hydrogens (primary N) is 1. The second kappa shape index (κ2) is 5.59. The molecule has 0 radical (unpaired) electrons. The molecule has 1 atom stereocenters. The molecule has 0 spiro atoms. The summed E-state index contributed by atoms with van der Waals surface area (Å²) in [6, 6.07) is 5.62. The molecular weight excluding hydrogens is 217 g/mol. The Labute approximate surface area is 95.2 Å². The first-order chi connectivity index (χ1) is 6.66. The lowest BCUT2D eigenvalue weighted by Gasteiger charge is -2.14. The molecule has 0 aliphatic carbocycles. The van der Waals surface area contributed by atoms with Gasteiger partial charge in [0.05, 0.1) is 0 Å². The van der Waals surface area contributed by atoms with E-state index in [1.807, 2.05) is 18.2 Å². The SMILES string of the molecule is CC(CCCN)c1c(Cl)cccc1Cl. The van der Waals surface area contributed by atoms with Crippen LogP contribution in [0, 0.1) is 0 Å². The second-order valence-electron chi connectivity index (χ2n) is 3.47. The third-order valence-corrected chi connectivity index (χ3v) is 2.99. The monoisotopic (exact) mass is 231 g/mol. The Morgan fingerprint density at radius 1 is 1.29 bits per heavy atom. The highest BCUT2D eigenvalue weighted by Crippen LogP contribution is 2.33. The lowest BCUT2D eigenvalue weighted by molar-refractivity contribution is 0.641. The van der Waals surface area contributed by atoms with E-state index in [1.165, 1.54) is 0 Å². The molecule has 78 valence electrons. The van der Waals surface area contributed by atoms with Crippen molar-refractivity contribution in [1.82, 2.24) is 0 Å². The summed E-state index contributed by atoms with van der Waals surface area (Å²) >= 11 is 12.2. The molecule has 1 aromatic carbocycles. The van der Waals surface area contributed by atoms with Gasteiger partial charge in [0, 0.05) is 10.0 Å². The number of rotatable bonds is 4. The van der Waals surface area contributed by atoms with Gasteiger partial charge in [0.2, 0.25) is 0 Å². The zero-order valence-electron chi connectivity index (χ0n) is 8.26. The van der Waals surface area contributed by atoms with Crippen LogP contribution < -0.4 is 5.73 Å². The standard InChI is InChI=1S/C11H15Cl2N/c1-8(4-3-7-14)11-9(12)5-2-6-10(11)13/h2,5-6,8H,3-4,7,14H2,1H3. The van der Waals surface area contributed by atoms with Gasteiger partial charge in [-0.25, -0.2) is 0 Å². The second-order valence-corrected chi connectivity index (χ2v) is 4.28. The van der Waals surface area contributed by atoms with Gasteiger partial charge in [-0.3, -0.25) is 0 Å². The van der Waals surface area contributed by atoms with Gasteiger partial charge in [0.1, 0.15) is 0 Å². The largest absolute Gasteiger partial charge is 0.330 e. The molecule has 0 heterocycles. The molecule has 0 fully saturated rings.